The molecule has 1 aromatic heterocycles. The van der Waals surface area contributed by atoms with Gasteiger partial charge in [0.15, 0.2) is 5.82 Å². The topological polar surface area (TPSA) is 61.9 Å². The Balaban J connectivity index is 1.69. The molecule has 116 valence electrons. The third-order valence-electron chi connectivity index (χ3n) is 3.96. The summed E-state index contributed by atoms with van der Waals surface area (Å²) >= 11 is 1.86. The first kappa shape index (κ1) is 15.1. The predicted molar refractivity (Wildman–Crippen MR) is 88.9 cm³/mol. The normalized spacial score (nSPS) is 17.9. The van der Waals surface area contributed by atoms with E-state index in [1.165, 1.54) is 0 Å². The number of H-pyrrole nitrogens is 1. The number of carbonyl (C=O) groups is 1. The number of rotatable bonds is 4. The van der Waals surface area contributed by atoms with E-state index in [1.807, 2.05) is 47.9 Å². The molecular weight excluding hydrogens is 296 g/mol. The van der Waals surface area contributed by atoms with Crippen LogP contribution in [0.2, 0.25) is 0 Å². The van der Waals surface area contributed by atoms with E-state index >= 15 is 0 Å². The highest BCUT2D eigenvalue weighted by atomic mass is 32.2. The maximum absolute atomic E-state index is 12.5. The van der Waals surface area contributed by atoms with Crippen molar-refractivity contribution in [2.24, 2.45) is 5.92 Å². The van der Waals surface area contributed by atoms with Gasteiger partial charge < -0.3 is 4.90 Å². The number of aryl methyl sites for hydroxylation is 1. The molecule has 1 fully saturated rings. The zero-order chi connectivity index (χ0) is 15.5. The van der Waals surface area contributed by atoms with Crippen LogP contribution in [0.5, 0.6) is 0 Å². The lowest BCUT2D eigenvalue weighted by Crippen LogP contribution is -2.28. The van der Waals surface area contributed by atoms with Crippen LogP contribution < -0.4 is 0 Å². The molecule has 0 saturated carbocycles. The van der Waals surface area contributed by atoms with Gasteiger partial charge in [0, 0.05) is 24.2 Å². The third-order valence-corrected chi connectivity index (χ3v) is 4.77. The molecule has 1 atom stereocenters. The lowest BCUT2D eigenvalue weighted by molar-refractivity contribution is 0.0788. The highest BCUT2D eigenvalue weighted by Crippen LogP contribution is 2.22. The fourth-order valence-corrected chi connectivity index (χ4v) is 3.55. The summed E-state index contributed by atoms with van der Waals surface area (Å²) in [6.07, 6.45) is 3.23. The van der Waals surface area contributed by atoms with E-state index in [0.29, 0.717) is 11.7 Å². The summed E-state index contributed by atoms with van der Waals surface area (Å²) in [6.45, 7) is 3.61. The van der Waals surface area contributed by atoms with Crippen molar-refractivity contribution in [2.45, 2.75) is 13.3 Å². The first-order valence-corrected chi connectivity index (χ1v) is 8.84. The third kappa shape index (κ3) is 3.16. The number of benzene rings is 1. The molecule has 5 nitrogen and oxygen atoms in total. The summed E-state index contributed by atoms with van der Waals surface area (Å²) in [4.78, 5) is 18.8. The molecule has 0 unspecified atom stereocenters. The Kier molecular flexibility index (Phi) is 4.47. The first-order valence-electron chi connectivity index (χ1n) is 7.45. The molecule has 1 amide bonds. The van der Waals surface area contributed by atoms with Gasteiger partial charge >= 0.3 is 0 Å². The lowest BCUT2D eigenvalue weighted by Gasteiger charge is -2.16. The number of hydrogen-bond donors (Lipinski definition) is 1. The van der Waals surface area contributed by atoms with Crippen LogP contribution in [0.4, 0.5) is 0 Å². The van der Waals surface area contributed by atoms with Crippen LogP contribution in [0.3, 0.4) is 0 Å². The number of carbonyl (C=O) groups excluding carboxylic acids is 1. The molecule has 22 heavy (non-hydrogen) atoms. The van der Waals surface area contributed by atoms with Gasteiger partial charge in [0.1, 0.15) is 5.82 Å². The Morgan fingerprint density at radius 2 is 2.18 bits per heavy atom. The molecule has 0 spiro atoms. The van der Waals surface area contributed by atoms with Gasteiger partial charge in [-0.3, -0.25) is 9.89 Å². The Hall–Kier alpha value is -1.82. The molecule has 2 heterocycles. The number of nitrogens with one attached hydrogen (secondary N) is 1. The Bertz CT molecular complexity index is 652. The largest absolute Gasteiger partial charge is 0.338 e. The van der Waals surface area contributed by atoms with Crippen LogP contribution in [0.25, 0.3) is 11.4 Å². The van der Waals surface area contributed by atoms with E-state index in [2.05, 4.69) is 21.4 Å². The zero-order valence-corrected chi connectivity index (χ0v) is 13.7. The van der Waals surface area contributed by atoms with Gasteiger partial charge in [0.2, 0.25) is 0 Å². The zero-order valence-electron chi connectivity index (χ0n) is 12.9. The molecule has 0 bridgehead atoms. The summed E-state index contributed by atoms with van der Waals surface area (Å²) in [6, 6.07) is 7.55. The molecule has 3 rings (SSSR count). The van der Waals surface area contributed by atoms with Crippen molar-refractivity contribution >= 4 is 17.7 Å². The number of hydrogen-bond acceptors (Lipinski definition) is 4. The van der Waals surface area contributed by atoms with E-state index in [-0.39, 0.29) is 5.91 Å². The van der Waals surface area contributed by atoms with E-state index in [4.69, 9.17) is 0 Å². The standard InChI is InChI=1S/C16H20N4OS/c1-11-17-15(19-18-11)13-3-5-14(6-4-13)16(21)20-8-7-12(9-20)10-22-2/h3-6,12H,7-10H2,1-2H3,(H,17,18,19)/t12-/m1/s1. The summed E-state index contributed by atoms with van der Waals surface area (Å²) in [5.74, 6) is 3.34. The Morgan fingerprint density at radius 1 is 1.41 bits per heavy atom. The molecule has 6 heteroatoms. The molecule has 0 aliphatic carbocycles. The van der Waals surface area contributed by atoms with Crippen molar-refractivity contribution < 1.29 is 4.79 Å². The van der Waals surface area contributed by atoms with Crippen LogP contribution in [0, 0.1) is 12.8 Å². The number of nitrogens with zero attached hydrogens (tertiary/aromatic N) is 3. The van der Waals surface area contributed by atoms with Crippen LogP contribution in [0.1, 0.15) is 22.6 Å². The number of aromatic nitrogens is 3. The molecule has 1 aliphatic rings. The second-order valence-corrected chi connectivity index (χ2v) is 6.59. The maximum Gasteiger partial charge on any atom is 0.253 e. The second-order valence-electron chi connectivity index (χ2n) is 5.68. The van der Waals surface area contributed by atoms with Crippen molar-refractivity contribution in [3.8, 4) is 11.4 Å². The molecule has 0 radical (unpaired) electrons. The molecule has 1 N–H and O–H groups in total. The minimum atomic E-state index is 0.126. The lowest BCUT2D eigenvalue weighted by atomic mass is 10.1. The number of likely N-dealkylation sites (tertiary alicyclic amines) is 1. The Morgan fingerprint density at radius 3 is 2.82 bits per heavy atom. The summed E-state index contributed by atoms with van der Waals surface area (Å²) in [7, 11) is 0. The van der Waals surface area contributed by atoms with Crippen LogP contribution in [0.15, 0.2) is 24.3 Å². The SMILES string of the molecule is CSC[C@@H]1CCN(C(=O)c2ccc(-c3n[nH]c(C)n3)cc2)C1. The summed E-state index contributed by atoms with van der Waals surface area (Å²) in [5, 5.41) is 6.96. The number of thioether (sulfide) groups is 1. The monoisotopic (exact) mass is 316 g/mol. The minimum Gasteiger partial charge on any atom is -0.338 e. The van der Waals surface area contributed by atoms with Crippen molar-refractivity contribution in [3.05, 3.63) is 35.7 Å². The van der Waals surface area contributed by atoms with E-state index in [1.54, 1.807) is 0 Å². The van der Waals surface area contributed by atoms with Gasteiger partial charge in [-0.2, -0.15) is 16.9 Å². The predicted octanol–water partition coefficient (Wildman–Crippen LogP) is 2.61. The number of aromatic amines is 1. The van der Waals surface area contributed by atoms with Crippen molar-refractivity contribution in [3.63, 3.8) is 0 Å². The van der Waals surface area contributed by atoms with E-state index < -0.39 is 0 Å². The quantitative estimate of drug-likeness (QED) is 0.942. The van der Waals surface area contributed by atoms with E-state index in [9.17, 15) is 4.79 Å². The molecule has 1 aliphatic heterocycles. The van der Waals surface area contributed by atoms with Gasteiger partial charge in [-0.05, 0) is 43.4 Å². The van der Waals surface area contributed by atoms with Gasteiger partial charge in [-0.25, -0.2) is 4.98 Å². The highest BCUT2D eigenvalue weighted by molar-refractivity contribution is 7.98. The Labute approximate surface area is 134 Å². The van der Waals surface area contributed by atoms with Crippen LogP contribution in [-0.2, 0) is 0 Å². The van der Waals surface area contributed by atoms with Crippen molar-refractivity contribution in [1.29, 1.82) is 0 Å². The van der Waals surface area contributed by atoms with Gasteiger partial charge in [-0.15, -0.1) is 0 Å². The van der Waals surface area contributed by atoms with Gasteiger partial charge in [0.25, 0.3) is 5.91 Å². The molecule has 1 aromatic carbocycles. The fraction of sp³-hybridized carbons (Fsp3) is 0.438. The van der Waals surface area contributed by atoms with Crippen LogP contribution in [-0.4, -0.2) is 51.1 Å². The molecule has 1 saturated heterocycles. The average molecular weight is 316 g/mol. The van der Waals surface area contributed by atoms with Crippen LogP contribution >= 0.6 is 11.8 Å². The highest BCUT2D eigenvalue weighted by Gasteiger charge is 2.26. The second kappa shape index (κ2) is 6.52. The first-order chi connectivity index (χ1) is 10.7. The average Bonchev–Trinajstić information content (AvgIpc) is 3.16. The fourth-order valence-electron chi connectivity index (χ4n) is 2.81. The van der Waals surface area contributed by atoms with Crippen molar-refractivity contribution in [1.82, 2.24) is 20.1 Å². The van der Waals surface area contributed by atoms with Gasteiger partial charge in [0.05, 0.1) is 0 Å². The van der Waals surface area contributed by atoms with E-state index in [0.717, 1.165) is 42.2 Å². The smallest absolute Gasteiger partial charge is 0.253 e. The minimum absolute atomic E-state index is 0.126. The van der Waals surface area contributed by atoms with Gasteiger partial charge in [-0.1, -0.05) is 12.1 Å². The number of amides is 1. The summed E-state index contributed by atoms with van der Waals surface area (Å²) in [5.41, 5.74) is 1.66. The molecular formula is C16H20N4OS. The molecule has 2 aromatic rings. The van der Waals surface area contributed by atoms with Crippen molar-refractivity contribution in [2.75, 3.05) is 25.1 Å². The maximum atomic E-state index is 12.5. The summed E-state index contributed by atoms with van der Waals surface area (Å²) < 4.78 is 0.